The van der Waals surface area contributed by atoms with E-state index in [1.54, 1.807) is 11.3 Å². The Kier molecular flexibility index (Phi) is 6.43. The summed E-state index contributed by atoms with van der Waals surface area (Å²) in [6.45, 7) is 4.46. The fourth-order valence-electron chi connectivity index (χ4n) is 1.53. The summed E-state index contributed by atoms with van der Waals surface area (Å²) >= 11 is 8.81. The van der Waals surface area contributed by atoms with Crippen molar-refractivity contribution in [2.24, 2.45) is 5.92 Å². The van der Waals surface area contributed by atoms with Gasteiger partial charge < -0.3 is 4.90 Å². The Morgan fingerprint density at radius 3 is 2.73 bits per heavy atom. The molecule has 1 aromatic rings. The first-order valence-corrected chi connectivity index (χ1v) is 7.92. The Labute approximate surface area is 113 Å². The summed E-state index contributed by atoms with van der Waals surface area (Å²) in [7, 11) is 2.19. The number of thiophene rings is 1. The van der Waals surface area contributed by atoms with Gasteiger partial charge >= 0.3 is 0 Å². The molecule has 0 bridgehead atoms. The normalized spacial score (nSPS) is 13.4. The lowest BCUT2D eigenvalue weighted by Crippen LogP contribution is -2.25. The van der Waals surface area contributed by atoms with E-state index in [0.717, 1.165) is 24.3 Å². The maximum atomic E-state index is 3.56. The third-order valence-electron chi connectivity index (χ3n) is 2.44. The summed E-state index contributed by atoms with van der Waals surface area (Å²) in [5.74, 6) is 0.761. The molecular formula is C11H17Br2NS. The molecule has 86 valence electrons. The van der Waals surface area contributed by atoms with Crippen molar-refractivity contribution in [2.75, 3.05) is 18.9 Å². The zero-order valence-electron chi connectivity index (χ0n) is 9.17. The topological polar surface area (TPSA) is 3.24 Å². The standard InChI is InChI=1S/C11H17Br2NS/c1-3-9(5-12)6-14(2)7-10-4-11(13)15-8-10/h4,8-9H,3,5-7H2,1-2H3. The molecule has 0 saturated heterocycles. The van der Waals surface area contributed by atoms with E-state index in [0.29, 0.717) is 0 Å². The van der Waals surface area contributed by atoms with E-state index in [2.05, 4.69) is 62.2 Å². The molecule has 0 radical (unpaired) electrons. The predicted octanol–water partition coefficient (Wildman–Crippen LogP) is 4.36. The minimum Gasteiger partial charge on any atom is -0.302 e. The molecule has 0 aliphatic heterocycles. The predicted molar refractivity (Wildman–Crippen MR) is 75.9 cm³/mol. The highest BCUT2D eigenvalue weighted by Crippen LogP contribution is 2.21. The summed E-state index contributed by atoms with van der Waals surface area (Å²) in [6, 6.07) is 2.20. The minimum atomic E-state index is 0.761. The molecule has 1 atom stereocenters. The minimum absolute atomic E-state index is 0.761. The van der Waals surface area contributed by atoms with Crippen molar-refractivity contribution in [3.8, 4) is 0 Å². The molecule has 0 fully saturated rings. The van der Waals surface area contributed by atoms with Gasteiger partial charge in [-0.2, -0.15) is 0 Å². The fraction of sp³-hybridized carbons (Fsp3) is 0.636. The molecule has 1 heterocycles. The van der Waals surface area contributed by atoms with Gasteiger partial charge in [-0.1, -0.05) is 29.3 Å². The number of alkyl halides is 1. The van der Waals surface area contributed by atoms with Gasteiger partial charge in [-0.25, -0.2) is 0 Å². The SMILES string of the molecule is CCC(CBr)CN(C)Cc1csc(Br)c1. The van der Waals surface area contributed by atoms with E-state index in [1.807, 2.05) is 0 Å². The van der Waals surface area contributed by atoms with E-state index in [1.165, 1.54) is 15.8 Å². The third kappa shape index (κ3) is 4.98. The highest BCUT2D eigenvalue weighted by Gasteiger charge is 2.09. The van der Waals surface area contributed by atoms with E-state index >= 15 is 0 Å². The largest absolute Gasteiger partial charge is 0.302 e. The lowest BCUT2D eigenvalue weighted by Gasteiger charge is -2.21. The van der Waals surface area contributed by atoms with Crippen LogP contribution in [-0.2, 0) is 6.54 Å². The van der Waals surface area contributed by atoms with Crippen molar-refractivity contribution < 1.29 is 0 Å². The highest BCUT2D eigenvalue weighted by molar-refractivity contribution is 9.11. The smallest absolute Gasteiger partial charge is 0.0701 e. The fourth-order valence-corrected chi connectivity index (χ4v) is 3.40. The van der Waals surface area contributed by atoms with Crippen LogP contribution in [0.3, 0.4) is 0 Å². The second-order valence-corrected chi connectivity index (χ2v) is 6.82. The highest BCUT2D eigenvalue weighted by atomic mass is 79.9. The van der Waals surface area contributed by atoms with E-state index < -0.39 is 0 Å². The lowest BCUT2D eigenvalue weighted by atomic mass is 10.1. The van der Waals surface area contributed by atoms with Crippen molar-refractivity contribution in [3.05, 3.63) is 20.8 Å². The number of hydrogen-bond acceptors (Lipinski definition) is 2. The molecule has 1 rings (SSSR count). The van der Waals surface area contributed by atoms with Crippen LogP contribution in [0, 0.1) is 5.92 Å². The van der Waals surface area contributed by atoms with Crippen LogP contribution in [0.1, 0.15) is 18.9 Å². The van der Waals surface area contributed by atoms with Gasteiger partial charge in [-0.05, 0) is 45.9 Å². The molecule has 0 N–H and O–H groups in total. The van der Waals surface area contributed by atoms with Gasteiger partial charge in [0.2, 0.25) is 0 Å². The first kappa shape index (κ1) is 13.7. The summed E-state index contributed by atoms with van der Waals surface area (Å²) in [4.78, 5) is 2.39. The Hall–Kier alpha value is 0.620. The van der Waals surface area contributed by atoms with Crippen LogP contribution in [0.25, 0.3) is 0 Å². The molecule has 1 aromatic heterocycles. The zero-order valence-corrected chi connectivity index (χ0v) is 13.2. The van der Waals surface area contributed by atoms with Crippen LogP contribution in [0.5, 0.6) is 0 Å². The molecule has 0 aliphatic rings. The van der Waals surface area contributed by atoms with Gasteiger partial charge in [0.25, 0.3) is 0 Å². The molecule has 4 heteroatoms. The Morgan fingerprint density at radius 1 is 1.53 bits per heavy atom. The van der Waals surface area contributed by atoms with Crippen molar-refractivity contribution in [2.45, 2.75) is 19.9 Å². The van der Waals surface area contributed by atoms with Crippen LogP contribution in [0.2, 0.25) is 0 Å². The van der Waals surface area contributed by atoms with E-state index in [4.69, 9.17) is 0 Å². The second kappa shape index (κ2) is 7.05. The number of halogens is 2. The van der Waals surface area contributed by atoms with Crippen LogP contribution in [-0.4, -0.2) is 23.8 Å². The molecule has 0 amide bonds. The van der Waals surface area contributed by atoms with Gasteiger partial charge in [-0.15, -0.1) is 11.3 Å². The number of nitrogens with zero attached hydrogens (tertiary/aromatic N) is 1. The summed E-state index contributed by atoms with van der Waals surface area (Å²) in [5.41, 5.74) is 1.40. The molecule has 1 unspecified atom stereocenters. The second-order valence-electron chi connectivity index (χ2n) is 3.88. The van der Waals surface area contributed by atoms with Crippen molar-refractivity contribution in [1.29, 1.82) is 0 Å². The Morgan fingerprint density at radius 2 is 2.27 bits per heavy atom. The van der Waals surface area contributed by atoms with Gasteiger partial charge in [0, 0.05) is 18.4 Å². The molecule has 15 heavy (non-hydrogen) atoms. The van der Waals surface area contributed by atoms with Crippen LogP contribution >= 0.6 is 43.2 Å². The van der Waals surface area contributed by atoms with Crippen LogP contribution < -0.4 is 0 Å². The maximum absolute atomic E-state index is 3.56. The van der Waals surface area contributed by atoms with Gasteiger partial charge in [0.15, 0.2) is 0 Å². The molecule has 0 aliphatic carbocycles. The summed E-state index contributed by atoms with van der Waals surface area (Å²) < 4.78 is 1.22. The average Bonchev–Trinajstić information content (AvgIpc) is 2.60. The quantitative estimate of drug-likeness (QED) is 0.686. The summed E-state index contributed by atoms with van der Waals surface area (Å²) in [5, 5.41) is 3.32. The third-order valence-corrected chi connectivity index (χ3v) is 4.91. The zero-order chi connectivity index (χ0) is 11.3. The van der Waals surface area contributed by atoms with E-state index in [-0.39, 0.29) is 0 Å². The van der Waals surface area contributed by atoms with E-state index in [9.17, 15) is 0 Å². The Bertz CT molecular complexity index is 284. The first-order chi connectivity index (χ1) is 7.15. The maximum Gasteiger partial charge on any atom is 0.0701 e. The molecule has 0 aromatic carbocycles. The van der Waals surface area contributed by atoms with Crippen molar-refractivity contribution in [1.82, 2.24) is 4.90 Å². The average molecular weight is 355 g/mol. The molecular weight excluding hydrogens is 338 g/mol. The number of hydrogen-bond donors (Lipinski definition) is 0. The molecule has 0 spiro atoms. The summed E-state index contributed by atoms with van der Waals surface area (Å²) in [6.07, 6.45) is 1.24. The first-order valence-electron chi connectivity index (χ1n) is 5.13. The van der Waals surface area contributed by atoms with Gasteiger partial charge in [0.05, 0.1) is 3.79 Å². The van der Waals surface area contributed by atoms with Gasteiger partial charge in [-0.3, -0.25) is 0 Å². The monoisotopic (exact) mass is 353 g/mol. The lowest BCUT2D eigenvalue weighted by molar-refractivity contribution is 0.278. The molecule has 1 nitrogen and oxygen atoms in total. The van der Waals surface area contributed by atoms with Crippen molar-refractivity contribution in [3.63, 3.8) is 0 Å². The van der Waals surface area contributed by atoms with Crippen LogP contribution in [0.15, 0.2) is 15.2 Å². The molecule has 0 saturated carbocycles. The van der Waals surface area contributed by atoms with Crippen molar-refractivity contribution >= 4 is 43.2 Å². The Balaban J connectivity index is 2.38. The van der Waals surface area contributed by atoms with Crippen LogP contribution in [0.4, 0.5) is 0 Å². The van der Waals surface area contributed by atoms with Gasteiger partial charge in [0.1, 0.15) is 0 Å². The number of rotatable bonds is 6.